The van der Waals surface area contributed by atoms with Crippen LogP contribution in [-0.2, 0) is 14.8 Å². The Balaban J connectivity index is 4.13. The molecule has 0 fully saturated rings. The van der Waals surface area contributed by atoms with Crippen molar-refractivity contribution in [1.82, 2.24) is 9.31 Å². The van der Waals surface area contributed by atoms with Gasteiger partial charge in [0.25, 0.3) is 0 Å². The summed E-state index contributed by atoms with van der Waals surface area (Å²) in [6.07, 6.45) is 0.101. The lowest BCUT2D eigenvalue weighted by molar-refractivity contribution is -0.131. The number of alkyl halides is 1. The average molecular weight is 286 g/mol. The largest absolute Gasteiger partial charge is 0.273 e. The molecule has 0 aliphatic rings. The van der Waals surface area contributed by atoms with E-state index in [-0.39, 0.29) is 31.0 Å². The van der Waals surface area contributed by atoms with E-state index in [0.717, 1.165) is 4.31 Å². The van der Waals surface area contributed by atoms with Crippen LogP contribution in [-0.4, -0.2) is 55.9 Å². The number of rotatable bonds is 8. The number of carbonyl (C=O) groups is 1. The van der Waals surface area contributed by atoms with Crippen LogP contribution in [0.25, 0.3) is 0 Å². The third kappa shape index (κ3) is 5.94. The van der Waals surface area contributed by atoms with Gasteiger partial charge in [0.1, 0.15) is 0 Å². The number of halogens is 1. The molecule has 0 aliphatic carbocycles. The molecule has 7 nitrogen and oxygen atoms in total. The summed E-state index contributed by atoms with van der Waals surface area (Å²) in [7, 11) is -0.470. The first-order valence-corrected chi connectivity index (χ1v) is 7.09. The molecule has 0 radical (unpaired) electrons. The predicted molar refractivity (Wildman–Crippen MR) is 64.9 cm³/mol. The zero-order chi connectivity index (χ0) is 13.5. The van der Waals surface area contributed by atoms with Crippen molar-refractivity contribution < 1.29 is 13.2 Å². The summed E-state index contributed by atoms with van der Waals surface area (Å²) in [5.41, 5.74) is 0. The van der Waals surface area contributed by atoms with Crippen molar-refractivity contribution in [3.63, 3.8) is 0 Å². The molecule has 0 aromatic heterocycles. The molecule has 0 bridgehead atoms. The number of hydrogen-bond acceptors (Lipinski definition) is 5. The van der Waals surface area contributed by atoms with E-state index in [4.69, 9.17) is 11.6 Å². The molecule has 17 heavy (non-hydrogen) atoms. The summed E-state index contributed by atoms with van der Waals surface area (Å²) in [6, 6.07) is 0. The Labute approximate surface area is 106 Å². The van der Waals surface area contributed by atoms with Gasteiger partial charge in [0, 0.05) is 26.4 Å². The molecule has 0 N–H and O–H groups in total. The summed E-state index contributed by atoms with van der Waals surface area (Å²) < 4.78 is 23.8. The normalized spacial score (nSPS) is 11.5. The molecule has 0 aliphatic heterocycles. The highest BCUT2D eigenvalue weighted by atomic mass is 35.5. The van der Waals surface area contributed by atoms with Gasteiger partial charge in [0.2, 0.25) is 15.9 Å². The van der Waals surface area contributed by atoms with Crippen molar-refractivity contribution >= 4 is 27.5 Å². The topological polar surface area (TPSA) is 87.1 Å². The Hall–Kier alpha value is -0.730. The van der Waals surface area contributed by atoms with Gasteiger partial charge in [-0.1, -0.05) is 0 Å². The smallest absolute Gasteiger partial charge is 0.245 e. The summed E-state index contributed by atoms with van der Waals surface area (Å²) in [6.45, 7) is 0.0321. The molecule has 1 amide bonds. The van der Waals surface area contributed by atoms with Gasteiger partial charge in [0.05, 0.1) is 17.6 Å². The van der Waals surface area contributed by atoms with Crippen LogP contribution in [0.5, 0.6) is 0 Å². The molecule has 0 heterocycles. The summed E-state index contributed by atoms with van der Waals surface area (Å²) in [5, 5.41) is 3.22. The van der Waals surface area contributed by atoms with E-state index in [1.54, 1.807) is 0 Å². The zero-order valence-electron chi connectivity index (χ0n) is 9.80. The van der Waals surface area contributed by atoms with E-state index in [2.05, 4.69) is 5.29 Å². The van der Waals surface area contributed by atoms with Crippen molar-refractivity contribution in [1.29, 1.82) is 0 Å². The summed E-state index contributed by atoms with van der Waals surface area (Å²) in [4.78, 5) is 21.7. The van der Waals surface area contributed by atoms with Crippen LogP contribution in [0, 0.1) is 4.91 Å². The molecule has 0 rings (SSSR count). The minimum atomic E-state index is -3.31. The van der Waals surface area contributed by atoms with Crippen LogP contribution in [0.3, 0.4) is 0 Å². The molecule has 0 atom stereocenters. The van der Waals surface area contributed by atoms with E-state index in [9.17, 15) is 18.1 Å². The van der Waals surface area contributed by atoms with Gasteiger partial charge in [-0.25, -0.2) is 12.7 Å². The Bertz CT molecular complexity index is 358. The lowest BCUT2D eigenvalue weighted by Crippen LogP contribution is -2.29. The van der Waals surface area contributed by atoms with Crippen molar-refractivity contribution in [2.24, 2.45) is 5.29 Å². The molecule has 0 unspecified atom stereocenters. The third-order valence-corrected chi connectivity index (χ3v) is 4.12. The maximum absolute atomic E-state index is 11.4. The van der Waals surface area contributed by atoms with Gasteiger partial charge in [0.15, 0.2) is 0 Å². The average Bonchev–Trinajstić information content (AvgIpc) is 2.25. The SMILES string of the molecule is CN(C)S(=O)(=O)CCCC(=O)N(CCCl)N=O. The van der Waals surface area contributed by atoms with Crippen LogP contribution < -0.4 is 0 Å². The number of amides is 1. The number of nitrogens with zero attached hydrogens (tertiary/aromatic N) is 3. The third-order valence-electron chi connectivity index (χ3n) is 2.03. The lowest BCUT2D eigenvalue weighted by atomic mass is 10.3. The van der Waals surface area contributed by atoms with Crippen molar-refractivity contribution in [2.45, 2.75) is 12.8 Å². The fourth-order valence-corrected chi connectivity index (χ4v) is 2.04. The number of carbonyl (C=O) groups excluding carboxylic acids is 1. The fraction of sp³-hybridized carbons (Fsp3) is 0.875. The second-order valence-corrected chi connectivity index (χ2v) is 6.17. The molecule has 0 spiro atoms. The van der Waals surface area contributed by atoms with E-state index in [1.807, 2.05) is 0 Å². The number of sulfonamides is 1. The predicted octanol–water partition coefficient (Wildman–Crippen LogP) is 0.407. The van der Waals surface area contributed by atoms with Crippen LogP contribution >= 0.6 is 11.6 Å². The maximum atomic E-state index is 11.4. The Morgan fingerprint density at radius 2 is 1.94 bits per heavy atom. The second kappa shape index (κ2) is 7.57. The van der Waals surface area contributed by atoms with E-state index < -0.39 is 15.9 Å². The molecular weight excluding hydrogens is 270 g/mol. The summed E-state index contributed by atoms with van der Waals surface area (Å²) >= 11 is 5.37. The maximum Gasteiger partial charge on any atom is 0.245 e. The minimum absolute atomic E-state index is 0.0321. The Kier molecular flexibility index (Phi) is 7.24. The van der Waals surface area contributed by atoms with Gasteiger partial charge in [-0.3, -0.25) is 4.79 Å². The van der Waals surface area contributed by atoms with Crippen molar-refractivity contribution in [3.8, 4) is 0 Å². The molecular formula is C8H16ClN3O4S. The monoisotopic (exact) mass is 285 g/mol. The lowest BCUT2D eigenvalue weighted by Gasteiger charge is -2.13. The van der Waals surface area contributed by atoms with Gasteiger partial charge in [-0.05, 0) is 6.42 Å². The molecule has 0 saturated heterocycles. The molecule has 0 aromatic carbocycles. The first-order chi connectivity index (χ1) is 7.85. The second-order valence-electron chi connectivity index (χ2n) is 3.49. The highest BCUT2D eigenvalue weighted by Crippen LogP contribution is 2.04. The fourth-order valence-electron chi connectivity index (χ4n) is 1.01. The van der Waals surface area contributed by atoms with Crippen LogP contribution in [0.1, 0.15) is 12.8 Å². The first kappa shape index (κ1) is 16.3. The van der Waals surface area contributed by atoms with E-state index >= 15 is 0 Å². The number of nitroso groups, excluding NO2 is 1. The van der Waals surface area contributed by atoms with Crippen LogP contribution in [0.15, 0.2) is 5.29 Å². The van der Waals surface area contributed by atoms with Crippen LogP contribution in [0.4, 0.5) is 0 Å². The summed E-state index contributed by atoms with van der Waals surface area (Å²) in [5.74, 6) is -0.554. The highest BCUT2D eigenvalue weighted by Gasteiger charge is 2.17. The van der Waals surface area contributed by atoms with Gasteiger partial charge in [-0.2, -0.15) is 5.01 Å². The van der Waals surface area contributed by atoms with Crippen LogP contribution in [0.2, 0.25) is 0 Å². The zero-order valence-corrected chi connectivity index (χ0v) is 11.4. The minimum Gasteiger partial charge on any atom is -0.273 e. The standard InChI is InChI=1S/C8H16ClN3O4S/c1-11(2)17(15,16)7-3-4-8(13)12(10-14)6-5-9/h3-7H2,1-2H3. The molecule has 9 heteroatoms. The Morgan fingerprint density at radius 1 is 1.35 bits per heavy atom. The number of hydrogen-bond donors (Lipinski definition) is 0. The molecule has 100 valence electrons. The van der Waals surface area contributed by atoms with E-state index in [1.165, 1.54) is 14.1 Å². The quantitative estimate of drug-likeness (QED) is 0.367. The highest BCUT2D eigenvalue weighted by molar-refractivity contribution is 7.89. The molecule has 0 aromatic rings. The van der Waals surface area contributed by atoms with E-state index in [0.29, 0.717) is 5.01 Å². The molecule has 0 saturated carbocycles. The van der Waals surface area contributed by atoms with Gasteiger partial charge in [-0.15, -0.1) is 16.5 Å². The Morgan fingerprint density at radius 3 is 2.35 bits per heavy atom. The first-order valence-electron chi connectivity index (χ1n) is 4.95. The van der Waals surface area contributed by atoms with Crippen molar-refractivity contribution in [2.75, 3.05) is 32.3 Å². The van der Waals surface area contributed by atoms with Crippen molar-refractivity contribution in [3.05, 3.63) is 4.91 Å². The van der Waals surface area contributed by atoms with Gasteiger partial charge >= 0.3 is 0 Å². The van der Waals surface area contributed by atoms with Gasteiger partial charge < -0.3 is 0 Å².